The number of hydrogen-bond acceptors (Lipinski definition) is 3. The fourth-order valence-electron chi connectivity index (χ4n) is 4.34. The summed E-state index contributed by atoms with van der Waals surface area (Å²) in [6.45, 7) is 5.92. The Kier molecular flexibility index (Phi) is 8.87. The third-order valence-electron chi connectivity index (χ3n) is 6.06. The maximum absolute atomic E-state index is 12.6. The molecule has 6 heteroatoms. The molecule has 4 nitrogen and oxygen atoms in total. The van der Waals surface area contributed by atoms with E-state index in [0.29, 0.717) is 24.4 Å². The van der Waals surface area contributed by atoms with E-state index in [0.717, 1.165) is 18.5 Å². The molecule has 2 bridgehead atoms. The van der Waals surface area contributed by atoms with Gasteiger partial charge in [-0.2, -0.15) is 0 Å². The first-order valence-electron chi connectivity index (χ1n) is 9.27. The molecule has 3 rings (SSSR count). The molecular formula is C20H33Cl2N3O. The van der Waals surface area contributed by atoms with Gasteiger partial charge in [0.25, 0.3) is 0 Å². The topological polar surface area (TPSA) is 58.4 Å². The Morgan fingerprint density at radius 1 is 1.23 bits per heavy atom. The van der Waals surface area contributed by atoms with Gasteiger partial charge < -0.3 is 11.1 Å². The van der Waals surface area contributed by atoms with Gasteiger partial charge in [-0.05, 0) is 63.1 Å². The van der Waals surface area contributed by atoms with Crippen LogP contribution in [0.2, 0.25) is 0 Å². The molecule has 2 fully saturated rings. The van der Waals surface area contributed by atoms with Crippen molar-refractivity contribution in [2.45, 2.75) is 58.3 Å². The highest BCUT2D eigenvalue weighted by Crippen LogP contribution is 2.47. The lowest BCUT2D eigenvalue weighted by Crippen LogP contribution is -2.45. The highest BCUT2D eigenvalue weighted by Gasteiger charge is 2.48. The van der Waals surface area contributed by atoms with Crippen LogP contribution in [0.4, 0.5) is 0 Å². The lowest BCUT2D eigenvalue weighted by Gasteiger charge is -2.27. The van der Waals surface area contributed by atoms with Crippen LogP contribution in [-0.2, 0) is 17.9 Å². The van der Waals surface area contributed by atoms with E-state index in [1.807, 2.05) is 0 Å². The summed E-state index contributed by atoms with van der Waals surface area (Å²) in [6.07, 6.45) is 3.53. The van der Waals surface area contributed by atoms with E-state index >= 15 is 0 Å². The lowest BCUT2D eigenvalue weighted by molar-refractivity contribution is -0.127. The molecule has 148 valence electrons. The van der Waals surface area contributed by atoms with Crippen LogP contribution in [-0.4, -0.2) is 29.9 Å². The van der Waals surface area contributed by atoms with E-state index in [9.17, 15) is 4.79 Å². The molecule has 0 aliphatic heterocycles. The summed E-state index contributed by atoms with van der Waals surface area (Å²) in [4.78, 5) is 14.9. The van der Waals surface area contributed by atoms with Crippen LogP contribution in [0.25, 0.3) is 0 Å². The van der Waals surface area contributed by atoms with Crippen LogP contribution in [0.1, 0.15) is 44.2 Å². The van der Waals surface area contributed by atoms with E-state index in [1.165, 1.54) is 18.4 Å². The maximum Gasteiger partial charge on any atom is 0.225 e. The summed E-state index contributed by atoms with van der Waals surface area (Å²) >= 11 is 0. The highest BCUT2D eigenvalue weighted by atomic mass is 35.5. The molecule has 1 aromatic rings. The molecule has 2 aliphatic carbocycles. The van der Waals surface area contributed by atoms with Crippen LogP contribution in [0.15, 0.2) is 24.3 Å². The Morgan fingerprint density at radius 2 is 1.88 bits per heavy atom. The molecule has 1 amide bonds. The van der Waals surface area contributed by atoms with E-state index < -0.39 is 0 Å². The van der Waals surface area contributed by atoms with Gasteiger partial charge in [-0.15, -0.1) is 24.8 Å². The average molecular weight is 402 g/mol. The van der Waals surface area contributed by atoms with Gasteiger partial charge in [0.15, 0.2) is 0 Å². The zero-order valence-electron chi connectivity index (χ0n) is 16.0. The van der Waals surface area contributed by atoms with Crippen molar-refractivity contribution in [2.24, 2.45) is 23.5 Å². The van der Waals surface area contributed by atoms with Crippen molar-refractivity contribution in [3.8, 4) is 0 Å². The number of rotatable bonds is 6. The Hall–Kier alpha value is -0.810. The highest BCUT2D eigenvalue weighted by molar-refractivity contribution is 5.85. The molecule has 4 atom stereocenters. The van der Waals surface area contributed by atoms with Crippen molar-refractivity contribution in [2.75, 3.05) is 7.05 Å². The molecule has 0 aromatic heterocycles. The fourth-order valence-corrected chi connectivity index (χ4v) is 4.34. The van der Waals surface area contributed by atoms with Gasteiger partial charge in [-0.3, -0.25) is 9.69 Å². The maximum atomic E-state index is 12.6. The van der Waals surface area contributed by atoms with E-state index in [-0.39, 0.29) is 42.7 Å². The molecule has 0 saturated heterocycles. The van der Waals surface area contributed by atoms with Crippen LogP contribution >= 0.6 is 24.8 Å². The minimum Gasteiger partial charge on any atom is -0.352 e. The lowest BCUT2D eigenvalue weighted by atomic mass is 9.84. The Morgan fingerprint density at radius 3 is 2.50 bits per heavy atom. The van der Waals surface area contributed by atoms with E-state index in [2.05, 4.69) is 55.4 Å². The zero-order chi connectivity index (χ0) is 17.3. The smallest absolute Gasteiger partial charge is 0.225 e. The third-order valence-corrected chi connectivity index (χ3v) is 6.06. The summed E-state index contributed by atoms with van der Waals surface area (Å²) in [6, 6.07) is 9.09. The number of halogens is 2. The summed E-state index contributed by atoms with van der Waals surface area (Å²) in [5.74, 6) is 1.26. The van der Waals surface area contributed by atoms with Gasteiger partial charge in [0.2, 0.25) is 5.91 Å². The number of carbonyl (C=O) groups is 1. The number of benzene rings is 1. The first-order chi connectivity index (χ1) is 11.5. The van der Waals surface area contributed by atoms with Crippen molar-refractivity contribution < 1.29 is 4.79 Å². The van der Waals surface area contributed by atoms with Crippen molar-refractivity contribution in [1.82, 2.24) is 10.2 Å². The van der Waals surface area contributed by atoms with Gasteiger partial charge >= 0.3 is 0 Å². The normalized spacial score (nSPS) is 26.5. The summed E-state index contributed by atoms with van der Waals surface area (Å²) in [5.41, 5.74) is 8.72. The Balaban J connectivity index is 0.00000169. The van der Waals surface area contributed by atoms with Gasteiger partial charge in [0.05, 0.1) is 5.92 Å². The number of amides is 1. The first kappa shape index (κ1) is 23.2. The van der Waals surface area contributed by atoms with Crippen molar-refractivity contribution in [3.63, 3.8) is 0 Å². The number of hydrogen-bond donors (Lipinski definition) is 2. The SMILES string of the molecule is CC(C)N(C)Cc1cccc(CNC(=O)C2C3CCC(C3)C2N)c1.Cl.Cl. The van der Waals surface area contributed by atoms with Crippen LogP contribution in [0.3, 0.4) is 0 Å². The minimum atomic E-state index is 0. The first-order valence-corrected chi connectivity index (χ1v) is 9.27. The van der Waals surface area contributed by atoms with Crippen LogP contribution < -0.4 is 11.1 Å². The van der Waals surface area contributed by atoms with Crippen molar-refractivity contribution in [3.05, 3.63) is 35.4 Å². The summed E-state index contributed by atoms with van der Waals surface area (Å²) in [5, 5.41) is 3.13. The predicted molar refractivity (Wildman–Crippen MR) is 112 cm³/mol. The minimum absolute atomic E-state index is 0. The number of nitrogens with zero attached hydrogens (tertiary/aromatic N) is 1. The van der Waals surface area contributed by atoms with Gasteiger partial charge in [0.1, 0.15) is 0 Å². The largest absolute Gasteiger partial charge is 0.352 e. The molecule has 26 heavy (non-hydrogen) atoms. The molecule has 1 aromatic carbocycles. The standard InChI is InChI=1S/C20H31N3O.2ClH/c1-13(2)23(3)12-15-6-4-5-14(9-15)11-22-20(24)18-16-7-8-17(10-16)19(18)21;;/h4-6,9,13,16-19H,7-8,10-12,21H2,1-3H3,(H,22,24);2*1H. The van der Waals surface area contributed by atoms with Gasteiger partial charge in [-0.1, -0.05) is 24.3 Å². The quantitative estimate of drug-likeness (QED) is 0.767. The summed E-state index contributed by atoms with van der Waals surface area (Å²) in [7, 11) is 2.13. The molecule has 2 saturated carbocycles. The van der Waals surface area contributed by atoms with Crippen molar-refractivity contribution >= 4 is 30.7 Å². The monoisotopic (exact) mass is 401 g/mol. The molecule has 3 N–H and O–H groups in total. The van der Waals surface area contributed by atoms with Crippen LogP contribution in [0.5, 0.6) is 0 Å². The number of nitrogens with one attached hydrogen (secondary N) is 1. The molecular weight excluding hydrogens is 369 g/mol. The second-order valence-corrected chi connectivity index (χ2v) is 7.98. The second kappa shape index (κ2) is 9.93. The molecule has 0 heterocycles. The van der Waals surface area contributed by atoms with E-state index in [4.69, 9.17) is 5.73 Å². The molecule has 4 unspecified atom stereocenters. The predicted octanol–water partition coefficient (Wildman–Crippen LogP) is 3.36. The molecule has 0 radical (unpaired) electrons. The zero-order valence-corrected chi connectivity index (χ0v) is 17.6. The number of carbonyl (C=O) groups excluding carboxylic acids is 1. The summed E-state index contributed by atoms with van der Waals surface area (Å²) < 4.78 is 0. The number of fused-ring (bicyclic) bond motifs is 2. The second-order valence-electron chi connectivity index (χ2n) is 7.98. The Labute approximate surface area is 170 Å². The van der Waals surface area contributed by atoms with Crippen LogP contribution in [0, 0.1) is 17.8 Å². The van der Waals surface area contributed by atoms with Gasteiger partial charge in [0, 0.05) is 25.2 Å². The Bertz CT molecular complexity index is 594. The molecule has 2 aliphatic rings. The third kappa shape index (κ3) is 5.13. The van der Waals surface area contributed by atoms with Gasteiger partial charge in [-0.25, -0.2) is 0 Å². The van der Waals surface area contributed by atoms with Crippen molar-refractivity contribution in [1.29, 1.82) is 0 Å². The van der Waals surface area contributed by atoms with E-state index in [1.54, 1.807) is 0 Å². The number of nitrogens with two attached hydrogens (primary N) is 1. The fraction of sp³-hybridized carbons (Fsp3) is 0.650. The molecule has 0 spiro atoms. The average Bonchev–Trinajstić information content (AvgIpc) is 3.14.